The Hall–Kier alpha value is -0.0400. The Kier molecular flexibility index (Phi) is 5.45. The molecule has 4 nitrogen and oxygen atoms in total. The molecule has 1 aromatic carbocycles. The van der Waals surface area contributed by atoms with Crippen molar-refractivity contribution >= 4 is 44.8 Å². The van der Waals surface area contributed by atoms with E-state index in [0.29, 0.717) is 23.7 Å². The summed E-state index contributed by atoms with van der Waals surface area (Å²) in [5.74, 6) is 0.119. The lowest BCUT2D eigenvalue weighted by Gasteiger charge is -2.35. The number of rotatable bonds is 3. The van der Waals surface area contributed by atoms with Crippen LogP contribution in [-0.2, 0) is 20.6 Å². The highest BCUT2D eigenvalue weighted by Gasteiger charge is 2.35. The van der Waals surface area contributed by atoms with Crippen LogP contribution in [-0.4, -0.2) is 38.0 Å². The molecule has 2 rings (SSSR count). The summed E-state index contributed by atoms with van der Waals surface area (Å²) in [7, 11) is -3.72. The Balaban J connectivity index is 2.48. The lowest BCUT2D eigenvalue weighted by molar-refractivity contribution is -0.0170. The van der Waals surface area contributed by atoms with Crippen molar-refractivity contribution in [3.63, 3.8) is 0 Å². The van der Waals surface area contributed by atoms with Gasteiger partial charge in [0.1, 0.15) is 4.90 Å². The fourth-order valence-electron chi connectivity index (χ4n) is 2.21. The maximum absolute atomic E-state index is 12.8. The summed E-state index contributed by atoms with van der Waals surface area (Å²) >= 11 is 17.9. The molecule has 0 bridgehead atoms. The Morgan fingerprint density at radius 1 is 1.29 bits per heavy atom. The standard InChI is InChI=1S/C13H16Cl3NO3S/c1-8-7-20-9(2)6-17(8)21(18,19)13-3-10(5-14)11(15)4-12(13)16/h3-4,8-9H,5-7H2,1-2H3. The molecule has 0 amide bonds. The quantitative estimate of drug-likeness (QED) is 0.763. The smallest absolute Gasteiger partial charge is 0.244 e. The molecule has 1 aliphatic rings. The van der Waals surface area contributed by atoms with Gasteiger partial charge in [0.25, 0.3) is 0 Å². The predicted molar refractivity (Wildman–Crippen MR) is 84.8 cm³/mol. The van der Waals surface area contributed by atoms with Crippen molar-refractivity contribution in [2.24, 2.45) is 0 Å². The van der Waals surface area contributed by atoms with Crippen molar-refractivity contribution < 1.29 is 13.2 Å². The number of hydrogen-bond acceptors (Lipinski definition) is 3. The number of sulfonamides is 1. The van der Waals surface area contributed by atoms with Crippen LogP contribution < -0.4 is 0 Å². The first-order valence-electron chi connectivity index (χ1n) is 6.44. The molecule has 0 radical (unpaired) electrons. The number of benzene rings is 1. The fraction of sp³-hybridized carbons (Fsp3) is 0.538. The number of nitrogens with zero attached hydrogens (tertiary/aromatic N) is 1. The van der Waals surface area contributed by atoms with Gasteiger partial charge >= 0.3 is 0 Å². The molecule has 8 heteroatoms. The molecule has 1 saturated heterocycles. The largest absolute Gasteiger partial charge is 0.375 e. The van der Waals surface area contributed by atoms with Crippen molar-refractivity contribution in [2.45, 2.75) is 36.8 Å². The maximum Gasteiger partial charge on any atom is 0.244 e. The van der Waals surface area contributed by atoms with Gasteiger partial charge in [-0.25, -0.2) is 8.42 Å². The maximum atomic E-state index is 12.8. The fourth-order valence-corrected chi connectivity index (χ4v) is 5.03. The Morgan fingerprint density at radius 2 is 1.95 bits per heavy atom. The van der Waals surface area contributed by atoms with Gasteiger partial charge in [0.05, 0.1) is 17.7 Å². The van der Waals surface area contributed by atoms with E-state index in [-0.39, 0.29) is 27.9 Å². The van der Waals surface area contributed by atoms with Gasteiger partial charge < -0.3 is 4.74 Å². The van der Waals surface area contributed by atoms with Crippen molar-refractivity contribution in [3.8, 4) is 0 Å². The third kappa shape index (κ3) is 3.49. The van der Waals surface area contributed by atoms with E-state index in [4.69, 9.17) is 39.5 Å². The lowest BCUT2D eigenvalue weighted by atomic mass is 10.2. The van der Waals surface area contributed by atoms with Crippen LogP contribution >= 0.6 is 34.8 Å². The summed E-state index contributed by atoms with van der Waals surface area (Å²) in [6.45, 7) is 4.28. The van der Waals surface area contributed by atoms with Gasteiger partial charge in [0, 0.05) is 23.5 Å². The zero-order valence-corrected chi connectivity index (χ0v) is 14.7. The molecule has 1 fully saturated rings. The van der Waals surface area contributed by atoms with Crippen LogP contribution in [0.1, 0.15) is 19.4 Å². The van der Waals surface area contributed by atoms with E-state index in [2.05, 4.69) is 0 Å². The van der Waals surface area contributed by atoms with Crippen molar-refractivity contribution in [1.29, 1.82) is 0 Å². The summed E-state index contributed by atoms with van der Waals surface area (Å²) in [6.07, 6.45) is -0.158. The molecule has 21 heavy (non-hydrogen) atoms. The van der Waals surface area contributed by atoms with E-state index in [9.17, 15) is 8.42 Å². The first-order valence-corrected chi connectivity index (χ1v) is 9.17. The molecular weight excluding hydrogens is 357 g/mol. The molecule has 0 aromatic heterocycles. The summed E-state index contributed by atoms with van der Waals surface area (Å²) < 4.78 is 32.6. The summed E-state index contributed by atoms with van der Waals surface area (Å²) in [4.78, 5) is 0.0326. The zero-order valence-electron chi connectivity index (χ0n) is 11.6. The average Bonchev–Trinajstić information content (AvgIpc) is 2.41. The highest BCUT2D eigenvalue weighted by molar-refractivity contribution is 7.89. The summed E-state index contributed by atoms with van der Waals surface area (Å²) in [5, 5.41) is 0.456. The number of ether oxygens (including phenoxy) is 1. The summed E-state index contributed by atoms with van der Waals surface area (Å²) in [5.41, 5.74) is 0.537. The Morgan fingerprint density at radius 3 is 2.57 bits per heavy atom. The third-order valence-electron chi connectivity index (χ3n) is 3.38. The van der Waals surface area contributed by atoms with Crippen LogP contribution in [0.15, 0.2) is 17.0 Å². The molecule has 1 aromatic rings. The monoisotopic (exact) mass is 371 g/mol. The first-order chi connectivity index (χ1) is 9.77. The lowest BCUT2D eigenvalue weighted by Crippen LogP contribution is -2.50. The number of morpholine rings is 1. The molecular formula is C13H16Cl3NO3S. The topological polar surface area (TPSA) is 46.6 Å². The normalized spacial score (nSPS) is 24.2. The third-order valence-corrected chi connectivity index (χ3v) is 6.47. The molecule has 118 valence electrons. The number of hydrogen-bond donors (Lipinski definition) is 0. The summed E-state index contributed by atoms with van der Waals surface area (Å²) in [6, 6.07) is 2.61. The molecule has 0 saturated carbocycles. The van der Waals surface area contributed by atoms with Crippen LogP contribution in [0.25, 0.3) is 0 Å². The zero-order chi connectivity index (χ0) is 15.8. The SMILES string of the molecule is CC1CN(S(=O)(=O)c2cc(CCl)c(Cl)cc2Cl)C(C)CO1. The average molecular weight is 373 g/mol. The van der Waals surface area contributed by atoms with Gasteiger partial charge in [0.15, 0.2) is 0 Å². The van der Waals surface area contributed by atoms with Crippen molar-refractivity contribution in [3.05, 3.63) is 27.7 Å². The number of alkyl halides is 1. The molecule has 0 aliphatic carbocycles. The van der Waals surface area contributed by atoms with E-state index in [1.807, 2.05) is 6.92 Å². The van der Waals surface area contributed by atoms with Gasteiger partial charge in [-0.15, -0.1) is 11.6 Å². The second-order valence-corrected chi connectivity index (χ2v) is 8.02. The minimum absolute atomic E-state index is 0.0326. The van der Waals surface area contributed by atoms with Crippen LogP contribution in [0.2, 0.25) is 10.0 Å². The van der Waals surface area contributed by atoms with Crippen LogP contribution in [0.5, 0.6) is 0 Å². The molecule has 1 aliphatic heterocycles. The Labute approximate surface area is 140 Å². The minimum Gasteiger partial charge on any atom is -0.375 e. The first kappa shape index (κ1) is 17.3. The van der Waals surface area contributed by atoms with E-state index in [0.717, 1.165) is 0 Å². The van der Waals surface area contributed by atoms with E-state index in [1.165, 1.54) is 16.4 Å². The van der Waals surface area contributed by atoms with Gasteiger partial charge in [-0.3, -0.25) is 0 Å². The van der Waals surface area contributed by atoms with Gasteiger partial charge in [-0.1, -0.05) is 23.2 Å². The molecule has 0 N–H and O–H groups in total. The second-order valence-electron chi connectivity index (χ2n) is 5.08. The highest BCUT2D eigenvalue weighted by Crippen LogP contribution is 2.33. The van der Waals surface area contributed by atoms with Gasteiger partial charge in [-0.05, 0) is 31.5 Å². The van der Waals surface area contributed by atoms with Crippen LogP contribution in [0.3, 0.4) is 0 Å². The van der Waals surface area contributed by atoms with Crippen molar-refractivity contribution in [1.82, 2.24) is 4.31 Å². The van der Waals surface area contributed by atoms with E-state index < -0.39 is 10.0 Å². The molecule has 2 unspecified atom stereocenters. The van der Waals surface area contributed by atoms with Crippen LogP contribution in [0.4, 0.5) is 0 Å². The molecule has 1 heterocycles. The second kappa shape index (κ2) is 6.60. The number of halogens is 3. The molecule has 0 spiro atoms. The highest BCUT2D eigenvalue weighted by atomic mass is 35.5. The van der Waals surface area contributed by atoms with Gasteiger partial charge in [-0.2, -0.15) is 4.31 Å². The Bertz CT molecular complexity index is 636. The van der Waals surface area contributed by atoms with Crippen molar-refractivity contribution in [2.75, 3.05) is 13.2 Å². The molecule has 2 atom stereocenters. The van der Waals surface area contributed by atoms with Crippen LogP contribution in [0, 0.1) is 0 Å². The van der Waals surface area contributed by atoms with E-state index >= 15 is 0 Å². The van der Waals surface area contributed by atoms with Gasteiger partial charge in [0.2, 0.25) is 10.0 Å². The predicted octanol–water partition coefficient (Wildman–Crippen LogP) is 3.53. The minimum atomic E-state index is -3.72. The van der Waals surface area contributed by atoms with E-state index in [1.54, 1.807) is 6.92 Å².